The summed E-state index contributed by atoms with van der Waals surface area (Å²) in [7, 11) is 1.37. The fourth-order valence-electron chi connectivity index (χ4n) is 3.57. The molecule has 174 valence electrons. The summed E-state index contributed by atoms with van der Waals surface area (Å²) in [4.78, 5) is 23.8. The molecule has 2 aromatic carbocycles. The van der Waals surface area contributed by atoms with Gasteiger partial charge in [0.05, 0.1) is 7.11 Å². The van der Waals surface area contributed by atoms with Crippen molar-refractivity contribution in [3.05, 3.63) is 95.8 Å². The third-order valence-electron chi connectivity index (χ3n) is 5.39. The molecule has 0 saturated heterocycles. The monoisotopic (exact) mass is 448 g/mol. The molecule has 0 bridgehead atoms. The summed E-state index contributed by atoms with van der Waals surface area (Å²) in [6.45, 7) is 5.93. The lowest BCUT2D eigenvalue weighted by atomic mass is 9.85. The van der Waals surface area contributed by atoms with E-state index in [0.29, 0.717) is 5.57 Å². The first-order valence-electron chi connectivity index (χ1n) is 11.2. The second kappa shape index (κ2) is 13.1. The molecular formula is C28H32O5. The van der Waals surface area contributed by atoms with Gasteiger partial charge in [0.15, 0.2) is 11.5 Å². The maximum Gasteiger partial charge on any atom is 0.220 e. The number of phenolic OH excluding ortho intramolecular Hbond substituents is 2. The number of ketones is 2. The molecule has 2 N–H and O–H groups in total. The Morgan fingerprint density at radius 1 is 0.970 bits per heavy atom. The molecule has 1 unspecified atom stereocenters. The van der Waals surface area contributed by atoms with Crippen LogP contribution in [0.25, 0.3) is 0 Å². The third kappa shape index (κ3) is 7.49. The lowest BCUT2D eigenvalue weighted by Gasteiger charge is -2.18. The van der Waals surface area contributed by atoms with Crippen LogP contribution in [0.3, 0.4) is 0 Å². The largest absolute Gasteiger partial charge is 0.508 e. The summed E-state index contributed by atoms with van der Waals surface area (Å²) in [5, 5.41) is 18.6. The molecule has 33 heavy (non-hydrogen) atoms. The van der Waals surface area contributed by atoms with Gasteiger partial charge in [0.25, 0.3) is 0 Å². The molecule has 0 spiro atoms. The van der Waals surface area contributed by atoms with Crippen LogP contribution in [0.15, 0.2) is 84.7 Å². The summed E-state index contributed by atoms with van der Waals surface area (Å²) in [6, 6.07) is 14.3. The van der Waals surface area contributed by atoms with Crippen molar-refractivity contribution < 1.29 is 24.5 Å². The SMILES string of the molecule is C=CC(C1=CC(=O)C(OC)=CC1=O)c1ccccc1.CCCCCCc1ccc(O)cc1O. The maximum atomic E-state index is 12.1. The minimum atomic E-state index is -0.292. The molecule has 5 heteroatoms. The van der Waals surface area contributed by atoms with Crippen LogP contribution >= 0.6 is 0 Å². The Hall–Kier alpha value is -3.60. The van der Waals surface area contributed by atoms with E-state index in [-0.39, 0.29) is 34.7 Å². The van der Waals surface area contributed by atoms with Gasteiger partial charge in [0.1, 0.15) is 11.5 Å². The zero-order valence-electron chi connectivity index (χ0n) is 19.3. The molecule has 1 atom stereocenters. The van der Waals surface area contributed by atoms with Gasteiger partial charge in [-0.15, -0.1) is 6.58 Å². The number of allylic oxidation sites excluding steroid dienone is 4. The number of ether oxygens (including phenoxy) is 1. The molecular weight excluding hydrogens is 416 g/mol. The van der Waals surface area contributed by atoms with Crippen LogP contribution in [0.4, 0.5) is 0 Å². The number of methoxy groups -OCH3 is 1. The van der Waals surface area contributed by atoms with Crippen LogP contribution < -0.4 is 0 Å². The molecule has 1 aliphatic rings. The van der Waals surface area contributed by atoms with E-state index in [2.05, 4.69) is 13.5 Å². The van der Waals surface area contributed by atoms with Crippen LogP contribution in [0.2, 0.25) is 0 Å². The number of hydrogen-bond donors (Lipinski definition) is 2. The zero-order valence-corrected chi connectivity index (χ0v) is 19.3. The van der Waals surface area contributed by atoms with Crippen molar-refractivity contribution in [2.45, 2.75) is 44.9 Å². The molecule has 0 saturated carbocycles. The number of benzene rings is 2. The number of aryl methyl sites for hydroxylation is 1. The number of unbranched alkanes of at least 4 members (excludes halogenated alkanes) is 3. The van der Waals surface area contributed by atoms with Gasteiger partial charge in [0, 0.05) is 23.6 Å². The average molecular weight is 449 g/mol. The fraction of sp³-hybridized carbons (Fsp3) is 0.286. The first-order valence-corrected chi connectivity index (χ1v) is 11.2. The molecule has 0 amide bonds. The Morgan fingerprint density at radius 3 is 2.30 bits per heavy atom. The summed E-state index contributed by atoms with van der Waals surface area (Å²) < 4.78 is 4.86. The quantitative estimate of drug-likeness (QED) is 0.288. The molecule has 0 fully saturated rings. The molecule has 0 aliphatic heterocycles. The van der Waals surface area contributed by atoms with E-state index in [1.807, 2.05) is 30.3 Å². The summed E-state index contributed by atoms with van der Waals surface area (Å²) in [5.41, 5.74) is 2.28. The fourth-order valence-corrected chi connectivity index (χ4v) is 3.57. The highest BCUT2D eigenvalue weighted by Crippen LogP contribution is 2.29. The zero-order chi connectivity index (χ0) is 24.2. The van der Waals surface area contributed by atoms with Crippen molar-refractivity contribution in [1.82, 2.24) is 0 Å². The van der Waals surface area contributed by atoms with Gasteiger partial charge in [0.2, 0.25) is 5.78 Å². The van der Waals surface area contributed by atoms with Crippen molar-refractivity contribution in [2.75, 3.05) is 7.11 Å². The number of phenols is 2. The minimum absolute atomic E-state index is 0.0737. The highest BCUT2D eigenvalue weighted by Gasteiger charge is 2.26. The van der Waals surface area contributed by atoms with E-state index in [9.17, 15) is 14.7 Å². The van der Waals surface area contributed by atoms with E-state index >= 15 is 0 Å². The van der Waals surface area contributed by atoms with Gasteiger partial charge >= 0.3 is 0 Å². The van der Waals surface area contributed by atoms with Crippen LogP contribution in [0.5, 0.6) is 11.5 Å². The second-order valence-electron chi connectivity index (χ2n) is 7.79. The average Bonchev–Trinajstić information content (AvgIpc) is 2.81. The lowest BCUT2D eigenvalue weighted by Crippen LogP contribution is -2.18. The second-order valence-corrected chi connectivity index (χ2v) is 7.79. The van der Waals surface area contributed by atoms with E-state index < -0.39 is 0 Å². The molecule has 0 heterocycles. The number of carbonyl (C=O) groups is 2. The smallest absolute Gasteiger partial charge is 0.220 e. The number of carbonyl (C=O) groups excluding carboxylic acids is 2. The van der Waals surface area contributed by atoms with Gasteiger partial charge in [-0.2, -0.15) is 0 Å². The Balaban J connectivity index is 0.000000245. The van der Waals surface area contributed by atoms with Crippen LogP contribution in [0, 0.1) is 0 Å². The first kappa shape index (κ1) is 25.7. The first-order chi connectivity index (χ1) is 15.9. The van der Waals surface area contributed by atoms with Crippen molar-refractivity contribution in [2.24, 2.45) is 0 Å². The molecule has 2 aromatic rings. The predicted molar refractivity (Wildman–Crippen MR) is 130 cm³/mol. The Labute approximate surface area is 195 Å². The molecule has 3 rings (SSSR count). The number of aromatic hydroxyl groups is 2. The van der Waals surface area contributed by atoms with Gasteiger partial charge < -0.3 is 14.9 Å². The third-order valence-corrected chi connectivity index (χ3v) is 5.39. The number of hydrogen-bond acceptors (Lipinski definition) is 5. The van der Waals surface area contributed by atoms with E-state index in [4.69, 9.17) is 9.84 Å². The molecule has 0 radical (unpaired) electrons. The van der Waals surface area contributed by atoms with E-state index in [0.717, 1.165) is 24.0 Å². The maximum absolute atomic E-state index is 12.1. The molecule has 5 nitrogen and oxygen atoms in total. The molecule has 1 aliphatic carbocycles. The molecule has 0 aromatic heterocycles. The van der Waals surface area contributed by atoms with E-state index in [1.165, 1.54) is 44.6 Å². The summed E-state index contributed by atoms with van der Waals surface area (Å²) in [5.74, 6) is -0.386. The standard InChI is InChI=1S/C16H14O3.C12H18O2/c1-3-12(11-7-5-4-6-8-11)13-9-15(18)16(19-2)10-14(13)17;1-2-3-4-5-6-10-7-8-11(13)9-12(10)14/h3-10,12H,1H2,2H3;7-9,13-14H,2-6H2,1H3. The Bertz CT molecular complexity index is 1020. The summed E-state index contributed by atoms with van der Waals surface area (Å²) >= 11 is 0. The highest BCUT2D eigenvalue weighted by atomic mass is 16.5. The number of rotatable bonds is 9. The van der Waals surface area contributed by atoms with Crippen molar-refractivity contribution in [3.8, 4) is 11.5 Å². The lowest BCUT2D eigenvalue weighted by molar-refractivity contribution is -0.117. The highest BCUT2D eigenvalue weighted by molar-refractivity contribution is 6.19. The predicted octanol–water partition coefficient (Wildman–Crippen LogP) is 5.79. The topological polar surface area (TPSA) is 83.8 Å². The minimum Gasteiger partial charge on any atom is -0.508 e. The van der Waals surface area contributed by atoms with Gasteiger partial charge in [-0.05, 0) is 36.1 Å². The van der Waals surface area contributed by atoms with Crippen molar-refractivity contribution >= 4 is 11.6 Å². The summed E-state index contributed by atoms with van der Waals surface area (Å²) in [6.07, 6.45) is 9.91. The van der Waals surface area contributed by atoms with E-state index in [1.54, 1.807) is 18.2 Å². The Kier molecular flexibility index (Phi) is 10.2. The van der Waals surface area contributed by atoms with Gasteiger partial charge in [-0.25, -0.2) is 0 Å². The van der Waals surface area contributed by atoms with Gasteiger partial charge in [-0.1, -0.05) is 68.7 Å². The Morgan fingerprint density at radius 2 is 1.70 bits per heavy atom. The van der Waals surface area contributed by atoms with Crippen LogP contribution in [0.1, 0.15) is 49.7 Å². The van der Waals surface area contributed by atoms with Crippen molar-refractivity contribution in [3.63, 3.8) is 0 Å². The van der Waals surface area contributed by atoms with Gasteiger partial charge in [-0.3, -0.25) is 9.59 Å². The van der Waals surface area contributed by atoms with Crippen LogP contribution in [-0.4, -0.2) is 28.9 Å². The van der Waals surface area contributed by atoms with Crippen LogP contribution in [-0.2, 0) is 20.7 Å². The normalized spacial score (nSPS) is 13.9. The van der Waals surface area contributed by atoms with Crippen molar-refractivity contribution in [1.29, 1.82) is 0 Å².